The van der Waals surface area contributed by atoms with Gasteiger partial charge in [0.2, 0.25) is 11.5 Å². The summed E-state index contributed by atoms with van der Waals surface area (Å²) in [6, 6.07) is 0. The van der Waals surface area contributed by atoms with Gasteiger partial charge in [-0.25, -0.2) is 9.59 Å². The number of carboxylic acids is 2. The molecule has 10 nitrogen and oxygen atoms in total. The minimum Gasteiger partial charge on any atom is -0.504 e. The van der Waals surface area contributed by atoms with Gasteiger partial charge in [-0.15, -0.1) is 0 Å². The van der Waals surface area contributed by atoms with Crippen LogP contribution in [0.3, 0.4) is 0 Å². The number of aromatic carboxylic acids is 2. The first-order chi connectivity index (χ1) is 8.20. The zero-order valence-corrected chi connectivity index (χ0v) is 8.32. The minimum absolute atomic E-state index is 1.38. The molecular formula is C8H5NO9. The Hall–Kier alpha value is -3.04. The molecule has 0 saturated carbocycles. The van der Waals surface area contributed by atoms with E-state index in [1.54, 1.807) is 0 Å². The molecule has 0 unspecified atom stereocenters. The maximum absolute atomic E-state index is 10.8. The van der Waals surface area contributed by atoms with Gasteiger partial charge in [-0.1, -0.05) is 0 Å². The van der Waals surface area contributed by atoms with Crippen LogP contribution < -0.4 is 0 Å². The van der Waals surface area contributed by atoms with Crippen molar-refractivity contribution in [3.8, 4) is 17.2 Å². The first kappa shape index (κ1) is 13.0. The maximum atomic E-state index is 10.8. The summed E-state index contributed by atoms with van der Waals surface area (Å²) in [7, 11) is 0. The Kier molecular flexibility index (Phi) is 2.96. The lowest BCUT2D eigenvalue weighted by atomic mass is 10.0. The number of phenols is 3. The van der Waals surface area contributed by atoms with Crippen molar-refractivity contribution in [3.63, 3.8) is 0 Å². The van der Waals surface area contributed by atoms with Crippen molar-refractivity contribution < 1.29 is 40.0 Å². The number of benzene rings is 1. The smallest absolute Gasteiger partial charge is 0.343 e. The molecule has 0 heterocycles. The van der Waals surface area contributed by atoms with Gasteiger partial charge in [-0.05, 0) is 0 Å². The number of carboxylic acid groups (broad SMARTS) is 2. The van der Waals surface area contributed by atoms with Gasteiger partial charge in [0.1, 0.15) is 5.56 Å². The molecule has 96 valence electrons. The van der Waals surface area contributed by atoms with E-state index in [0.29, 0.717) is 0 Å². The Morgan fingerprint density at radius 2 is 1.33 bits per heavy atom. The number of nitro benzene ring substituents is 1. The van der Waals surface area contributed by atoms with Crippen LogP contribution in [0.15, 0.2) is 0 Å². The molecule has 0 aliphatic heterocycles. The quantitative estimate of drug-likeness (QED) is 0.286. The SMILES string of the molecule is O=C(O)c1c(O)c(O)c(O)c([N+](=O)[O-])c1C(=O)O. The molecule has 0 amide bonds. The molecule has 0 aliphatic rings. The fourth-order valence-electron chi connectivity index (χ4n) is 1.29. The van der Waals surface area contributed by atoms with Gasteiger partial charge < -0.3 is 25.5 Å². The summed E-state index contributed by atoms with van der Waals surface area (Å²) in [5.74, 6) is -8.54. The average molecular weight is 259 g/mol. The Morgan fingerprint density at radius 1 is 0.889 bits per heavy atom. The van der Waals surface area contributed by atoms with E-state index < -0.39 is 50.9 Å². The van der Waals surface area contributed by atoms with Crippen LogP contribution in [0.5, 0.6) is 17.2 Å². The lowest BCUT2D eigenvalue weighted by molar-refractivity contribution is -0.386. The number of hydrogen-bond acceptors (Lipinski definition) is 7. The summed E-state index contributed by atoms with van der Waals surface area (Å²) < 4.78 is 0. The summed E-state index contributed by atoms with van der Waals surface area (Å²) in [6.45, 7) is 0. The van der Waals surface area contributed by atoms with Crippen LogP contribution in [0.1, 0.15) is 20.7 Å². The highest BCUT2D eigenvalue weighted by Crippen LogP contribution is 2.47. The Morgan fingerprint density at radius 3 is 1.67 bits per heavy atom. The second-order valence-corrected chi connectivity index (χ2v) is 3.01. The molecule has 0 saturated heterocycles. The fraction of sp³-hybridized carbons (Fsp3) is 0. The van der Waals surface area contributed by atoms with Gasteiger partial charge in [-0.2, -0.15) is 0 Å². The van der Waals surface area contributed by atoms with E-state index in [9.17, 15) is 29.9 Å². The predicted octanol–water partition coefficient (Wildman–Crippen LogP) is 0.108. The summed E-state index contributed by atoms with van der Waals surface area (Å²) >= 11 is 0. The summed E-state index contributed by atoms with van der Waals surface area (Å²) in [6.07, 6.45) is 0. The normalized spacial score (nSPS) is 10.0. The molecule has 0 fully saturated rings. The second-order valence-electron chi connectivity index (χ2n) is 3.01. The van der Waals surface area contributed by atoms with E-state index in [0.717, 1.165) is 0 Å². The largest absolute Gasteiger partial charge is 0.504 e. The monoisotopic (exact) mass is 259 g/mol. The van der Waals surface area contributed by atoms with Gasteiger partial charge in [0.25, 0.3) is 0 Å². The van der Waals surface area contributed by atoms with Gasteiger partial charge in [-0.3, -0.25) is 10.1 Å². The lowest BCUT2D eigenvalue weighted by Crippen LogP contribution is -2.12. The van der Waals surface area contributed by atoms with E-state index >= 15 is 0 Å². The summed E-state index contributed by atoms with van der Waals surface area (Å²) in [4.78, 5) is 30.7. The van der Waals surface area contributed by atoms with Crippen LogP contribution in [-0.2, 0) is 0 Å². The molecule has 1 aromatic carbocycles. The zero-order valence-electron chi connectivity index (χ0n) is 8.32. The highest BCUT2D eigenvalue weighted by Gasteiger charge is 2.37. The average Bonchev–Trinajstić information content (AvgIpc) is 2.23. The standard InChI is InChI=1S/C8H5NO9/c10-4-2(8(15)16)1(7(13)14)3(9(17)18)5(11)6(4)12/h10-12H,(H,13,14)(H,15,16). The molecule has 0 atom stereocenters. The third kappa shape index (κ3) is 1.71. The third-order valence-corrected chi connectivity index (χ3v) is 2.01. The molecule has 1 aromatic rings. The van der Waals surface area contributed by atoms with Crippen molar-refractivity contribution in [2.45, 2.75) is 0 Å². The summed E-state index contributed by atoms with van der Waals surface area (Å²) in [5.41, 5.74) is -4.33. The molecule has 0 aromatic heterocycles. The zero-order chi connectivity index (χ0) is 14.2. The van der Waals surface area contributed by atoms with Crippen molar-refractivity contribution >= 4 is 17.6 Å². The molecule has 1 rings (SSSR count). The minimum atomic E-state index is -2.05. The number of carbonyl (C=O) groups is 2. The van der Waals surface area contributed by atoms with Gasteiger partial charge >= 0.3 is 17.6 Å². The Bertz CT molecular complexity index is 535. The van der Waals surface area contributed by atoms with Crippen molar-refractivity contribution in [3.05, 3.63) is 21.2 Å². The van der Waals surface area contributed by atoms with Crippen LogP contribution >= 0.6 is 0 Å². The number of aromatic hydroxyl groups is 3. The van der Waals surface area contributed by atoms with Crippen LogP contribution in [0.4, 0.5) is 5.69 Å². The molecule has 0 bridgehead atoms. The van der Waals surface area contributed by atoms with Crippen molar-refractivity contribution in [2.24, 2.45) is 0 Å². The van der Waals surface area contributed by atoms with Crippen molar-refractivity contribution in [2.75, 3.05) is 0 Å². The molecule has 10 heteroatoms. The van der Waals surface area contributed by atoms with E-state index in [1.807, 2.05) is 0 Å². The number of nitrogens with zero attached hydrogens (tertiary/aromatic N) is 1. The number of nitro groups is 1. The molecule has 0 aliphatic carbocycles. The van der Waals surface area contributed by atoms with E-state index in [2.05, 4.69) is 0 Å². The van der Waals surface area contributed by atoms with Gasteiger partial charge in [0, 0.05) is 0 Å². The topological polar surface area (TPSA) is 178 Å². The molecular weight excluding hydrogens is 254 g/mol. The predicted molar refractivity (Wildman–Crippen MR) is 52.0 cm³/mol. The third-order valence-electron chi connectivity index (χ3n) is 2.01. The molecule has 5 N–H and O–H groups in total. The fourth-order valence-corrected chi connectivity index (χ4v) is 1.29. The van der Waals surface area contributed by atoms with Crippen molar-refractivity contribution in [1.29, 1.82) is 0 Å². The number of rotatable bonds is 3. The number of phenolic OH excluding ortho intramolecular Hbond substituents is 2. The van der Waals surface area contributed by atoms with Crippen LogP contribution in [-0.4, -0.2) is 42.4 Å². The van der Waals surface area contributed by atoms with E-state index in [-0.39, 0.29) is 0 Å². The molecule has 0 spiro atoms. The Balaban J connectivity index is 3.99. The number of hydrogen-bond donors (Lipinski definition) is 5. The molecule has 18 heavy (non-hydrogen) atoms. The summed E-state index contributed by atoms with van der Waals surface area (Å²) in [5, 5.41) is 55.5. The lowest BCUT2D eigenvalue weighted by Gasteiger charge is -2.08. The Labute approximate surface area is 97.1 Å². The first-order valence-corrected chi connectivity index (χ1v) is 4.12. The van der Waals surface area contributed by atoms with Gasteiger partial charge in [0.15, 0.2) is 11.3 Å². The highest BCUT2D eigenvalue weighted by molar-refractivity contribution is 6.08. The van der Waals surface area contributed by atoms with Crippen LogP contribution in [0.2, 0.25) is 0 Å². The van der Waals surface area contributed by atoms with Crippen molar-refractivity contribution in [1.82, 2.24) is 0 Å². The van der Waals surface area contributed by atoms with Crippen LogP contribution in [0.25, 0.3) is 0 Å². The first-order valence-electron chi connectivity index (χ1n) is 4.12. The maximum Gasteiger partial charge on any atom is 0.343 e. The van der Waals surface area contributed by atoms with Crippen LogP contribution in [0, 0.1) is 10.1 Å². The van der Waals surface area contributed by atoms with E-state index in [4.69, 9.17) is 15.3 Å². The van der Waals surface area contributed by atoms with Gasteiger partial charge in [0.05, 0.1) is 4.92 Å². The molecule has 0 radical (unpaired) electrons. The van der Waals surface area contributed by atoms with E-state index in [1.165, 1.54) is 0 Å². The second kappa shape index (κ2) is 4.08. The highest BCUT2D eigenvalue weighted by atomic mass is 16.6.